The SMILES string of the molecule is CC1=C2C[C@]34CC[C@@H](C)[C@@]2(CC1)[C@]3(C)CC#CC[C@@H]1CCC[C@@]12CN2C4. The van der Waals surface area contributed by atoms with Crippen molar-refractivity contribution >= 4 is 0 Å². The molecule has 0 amide bonds. The Bertz CT molecular complexity index is 767. The van der Waals surface area contributed by atoms with Gasteiger partial charge in [0.15, 0.2) is 0 Å². The summed E-state index contributed by atoms with van der Waals surface area (Å²) in [5.74, 6) is 9.22. The first-order valence-electron chi connectivity index (χ1n) is 11.4. The lowest BCUT2D eigenvalue weighted by Gasteiger charge is -2.58. The second kappa shape index (κ2) is 4.81. The van der Waals surface area contributed by atoms with Crippen LogP contribution in [0.15, 0.2) is 11.1 Å². The zero-order valence-corrected chi connectivity index (χ0v) is 17.1. The number of hydrogen-bond donors (Lipinski definition) is 0. The van der Waals surface area contributed by atoms with Crippen molar-refractivity contribution in [3.05, 3.63) is 11.1 Å². The topological polar surface area (TPSA) is 3.01 Å². The molecular weight excluding hydrogens is 314 g/mol. The van der Waals surface area contributed by atoms with E-state index in [0.29, 0.717) is 21.8 Å². The molecule has 6 rings (SSSR count). The Morgan fingerprint density at radius 1 is 1.08 bits per heavy atom. The molecular formula is C25H35N. The first kappa shape index (κ1) is 16.2. The lowest BCUT2D eigenvalue weighted by atomic mass is 9.46. The van der Waals surface area contributed by atoms with Crippen molar-refractivity contribution in [2.75, 3.05) is 13.1 Å². The highest BCUT2D eigenvalue weighted by Gasteiger charge is 2.73. The van der Waals surface area contributed by atoms with Crippen molar-refractivity contribution in [3.8, 4) is 11.8 Å². The Hall–Kier alpha value is -0.740. The third-order valence-corrected chi connectivity index (χ3v) is 10.8. The molecule has 2 aliphatic heterocycles. The highest BCUT2D eigenvalue weighted by molar-refractivity contribution is 5.42. The van der Waals surface area contributed by atoms with Crippen LogP contribution in [-0.2, 0) is 0 Å². The maximum atomic E-state index is 3.79. The average Bonchev–Trinajstić information content (AvgIpc) is 2.91. The predicted octanol–water partition coefficient (Wildman–Crippen LogP) is 5.56. The van der Waals surface area contributed by atoms with Crippen LogP contribution in [0.1, 0.15) is 85.0 Å². The first-order valence-corrected chi connectivity index (χ1v) is 11.4. The summed E-state index contributed by atoms with van der Waals surface area (Å²) in [7, 11) is 0. The van der Waals surface area contributed by atoms with Gasteiger partial charge in [-0.1, -0.05) is 31.4 Å². The fourth-order valence-corrected chi connectivity index (χ4v) is 9.19. The van der Waals surface area contributed by atoms with Crippen molar-refractivity contribution in [2.45, 2.75) is 90.5 Å². The van der Waals surface area contributed by atoms with Crippen LogP contribution in [-0.4, -0.2) is 23.5 Å². The largest absolute Gasteiger partial charge is 0.294 e. The molecule has 0 radical (unpaired) electrons. The van der Waals surface area contributed by atoms with E-state index in [-0.39, 0.29) is 0 Å². The van der Waals surface area contributed by atoms with E-state index >= 15 is 0 Å². The molecule has 7 atom stereocenters. The van der Waals surface area contributed by atoms with Crippen LogP contribution in [0.5, 0.6) is 0 Å². The average molecular weight is 350 g/mol. The quantitative estimate of drug-likeness (QED) is 0.314. The van der Waals surface area contributed by atoms with Crippen molar-refractivity contribution in [3.63, 3.8) is 0 Å². The second-order valence-corrected chi connectivity index (χ2v) is 11.2. The number of allylic oxidation sites excluding steroid dienone is 2. The van der Waals surface area contributed by atoms with E-state index in [1.807, 2.05) is 5.57 Å². The molecule has 1 saturated heterocycles. The van der Waals surface area contributed by atoms with Crippen molar-refractivity contribution in [2.24, 2.45) is 28.1 Å². The standard InChI is InChI=1S/C25H35N/c1-18-9-14-25-19(2)10-13-23(15-21(18)25)16-26-17-24(26)12-6-8-20(24)7-4-5-11-22(23,25)3/h19-20H,6-17H2,1-3H3/t19-,20-,22-,23+,24-,25-,26?/m1/s1. The summed E-state index contributed by atoms with van der Waals surface area (Å²) < 4.78 is 0. The number of rotatable bonds is 0. The molecule has 1 nitrogen and oxygen atoms in total. The summed E-state index contributed by atoms with van der Waals surface area (Å²) in [4.78, 5) is 2.95. The fourth-order valence-electron chi connectivity index (χ4n) is 9.19. The molecule has 2 spiro atoms. The summed E-state index contributed by atoms with van der Waals surface area (Å²) in [6, 6.07) is 0. The van der Waals surface area contributed by atoms with E-state index in [1.54, 1.807) is 5.57 Å². The van der Waals surface area contributed by atoms with Gasteiger partial charge in [0.05, 0.1) is 0 Å². The Morgan fingerprint density at radius 2 is 1.96 bits per heavy atom. The maximum absolute atomic E-state index is 3.79. The highest BCUT2D eigenvalue weighted by atomic mass is 15.4. The molecule has 6 aliphatic rings. The lowest BCUT2D eigenvalue weighted by Crippen LogP contribution is -2.54. The molecule has 4 aliphatic carbocycles. The third-order valence-electron chi connectivity index (χ3n) is 10.8. The number of hydrogen-bond acceptors (Lipinski definition) is 1. The van der Waals surface area contributed by atoms with Crippen LogP contribution in [0.25, 0.3) is 0 Å². The van der Waals surface area contributed by atoms with Gasteiger partial charge >= 0.3 is 0 Å². The van der Waals surface area contributed by atoms with E-state index in [0.717, 1.165) is 18.3 Å². The first-order chi connectivity index (χ1) is 12.5. The van der Waals surface area contributed by atoms with Gasteiger partial charge in [0.1, 0.15) is 0 Å². The Balaban J connectivity index is 1.51. The van der Waals surface area contributed by atoms with Crippen LogP contribution in [0, 0.1) is 39.9 Å². The predicted molar refractivity (Wildman–Crippen MR) is 107 cm³/mol. The highest BCUT2D eigenvalue weighted by Crippen LogP contribution is 2.79. The molecule has 4 fully saturated rings. The van der Waals surface area contributed by atoms with E-state index in [4.69, 9.17) is 0 Å². The van der Waals surface area contributed by atoms with Crippen molar-refractivity contribution in [1.82, 2.24) is 4.90 Å². The molecule has 0 N–H and O–H groups in total. The Morgan fingerprint density at radius 3 is 2.85 bits per heavy atom. The van der Waals surface area contributed by atoms with Crippen LogP contribution in [0.4, 0.5) is 0 Å². The third kappa shape index (κ3) is 1.59. The van der Waals surface area contributed by atoms with Crippen LogP contribution >= 0.6 is 0 Å². The van der Waals surface area contributed by atoms with Crippen LogP contribution in [0.3, 0.4) is 0 Å². The molecule has 2 heterocycles. The maximum Gasteiger partial charge on any atom is 0.0374 e. The monoisotopic (exact) mass is 349 g/mol. The van der Waals surface area contributed by atoms with E-state index < -0.39 is 0 Å². The fraction of sp³-hybridized carbons (Fsp3) is 0.840. The minimum atomic E-state index is 0.396. The van der Waals surface area contributed by atoms with Gasteiger partial charge in [-0.3, -0.25) is 4.90 Å². The van der Waals surface area contributed by atoms with Gasteiger partial charge in [-0.25, -0.2) is 0 Å². The smallest absolute Gasteiger partial charge is 0.0374 e. The molecule has 26 heavy (non-hydrogen) atoms. The molecule has 140 valence electrons. The number of nitrogens with zero attached hydrogens (tertiary/aromatic N) is 1. The molecule has 0 aromatic heterocycles. The van der Waals surface area contributed by atoms with Gasteiger partial charge in [0.25, 0.3) is 0 Å². The zero-order chi connectivity index (χ0) is 17.8. The molecule has 0 aromatic rings. The van der Waals surface area contributed by atoms with Gasteiger partial charge < -0.3 is 0 Å². The molecule has 3 saturated carbocycles. The minimum Gasteiger partial charge on any atom is -0.294 e. The van der Waals surface area contributed by atoms with Crippen molar-refractivity contribution < 1.29 is 0 Å². The van der Waals surface area contributed by atoms with Gasteiger partial charge in [0.2, 0.25) is 0 Å². The Kier molecular flexibility index (Phi) is 3.00. The van der Waals surface area contributed by atoms with E-state index in [9.17, 15) is 0 Å². The van der Waals surface area contributed by atoms with E-state index in [2.05, 4.69) is 37.5 Å². The molecule has 1 unspecified atom stereocenters. The van der Waals surface area contributed by atoms with Gasteiger partial charge in [-0.15, -0.1) is 11.8 Å². The van der Waals surface area contributed by atoms with Crippen molar-refractivity contribution in [1.29, 1.82) is 0 Å². The summed E-state index contributed by atoms with van der Waals surface area (Å²) in [5.41, 5.74) is 5.60. The Labute approximate surface area is 160 Å². The summed E-state index contributed by atoms with van der Waals surface area (Å²) in [6.45, 7) is 10.5. The van der Waals surface area contributed by atoms with Gasteiger partial charge in [-0.2, -0.15) is 0 Å². The molecule has 0 aromatic carbocycles. The molecule has 2 bridgehead atoms. The summed E-state index contributed by atoms with van der Waals surface area (Å²) in [5, 5.41) is 0. The normalized spacial score (nSPS) is 56.8. The van der Waals surface area contributed by atoms with E-state index in [1.165, 1.54) is 70.9 Å². The minimum absolute atomic E-state index is 0.396. The van der Waals surface area contributed by atoms with Gasteiger partial charge in [-0.05, 0) is 74.5 Å². The summed E-state index contributed by atoms with van der Waals surface area (Å²) in [6.07, 6.45) is 13.7. The molecule has 1 heteroatoms. The van der Waals surface area contributed by atoms with Crippen LogP contribution < -0.4 is 0 Å². The summed E-state index contributed by atoms with van der Waals surface area (Å²) >= 11 is 0. The lowest BCUT2D eigenvalue weighted by molar-refractivity contribution is -0.0899. The second-order valence-electron chi connectivity index (χ2n) is 11.2. The van der Waals surface area contributed by atoms with Crippen LogP contribution in [0.2, 0.25) is 0 Å². The van der Waals surface area contributed by atoms with Gasteiger partial charge in [0, 0.05) is 36.9 Å². The zero-order valence-electron chi connectivity index (χ0n) is 17.1.